The Bertz CT molecular complexity index is 481. The molecule has 4 N–H and O–H groups in total. The summed E-state index contributed by atoms with van der Waals surface area (Å²) in [7, 11) is 0. The Labute approximate surface area is 114 Å². The number of nitrogens with one attached hydrogen (secondary N) is 2. The van der Waals surface area contributed by atoms with Crippen LogP contribution >= 0.6 is 34.8 Å². The summed E-state index contributed by atoms with van der Waals surface area (Å²) in [6, 6.07) is 4.33. The van der Waals surface area contributed by atoms with Crippen molar-refractivity contribution >= 4 is 40.6 Å². The number of hydrogen-bond acceptors (Lipinski definition) is 3. The molecule has 0 aliphatic heterocycles. The van der Waals surface area contributed by atoms with Gasteiger partial charge in [-0.25, -0.2) is 0 Å². The predicted octanol–water partition coefficient (Wildman–Crippen LogP) is 2.74. The summed E-state index contributed by atoms with van der Waals surface area (Å²) in [6.07, 6.45) is 0. The molecule has 0 aliphatic carbocycles. The molecular formula is C10H9Cl3N4. The van der Waals surface area contributed by atoms with Crippen molar-refractivity contribution in [3.05, 3.63) is 32.8 Å². The molecule has 0 bridgehead atoms. The molecule has 4 nitrogen and oxygen atoms in total. The van der Waals surface area contributed by atoms with Crippen LogP contribution in [0.1, 0.15) is 11.6 Å². The molecule has 0 heterocycles. The lowest BCUT2D eigenvalue weighted by Gasteiger charge is -2.14. The molecule has 1 unspecified atom stereocenters. The molecule has 7 heteroatoms. The number of nitrogens with two attached hydrogens (primary N) is 1. The summed E-state index contributed by atoms with van der Waals surface area (Å²) >= 11 is 17.7. The SMILES string of the molecule is N#CC(NCC(=N)N)c1cc(Cl)cc(Cl)c1Cl. The third-order valence-electron chi connectivity index (χ3n) is 1.96. The maximum Gasteiger partial charge on any atom is 0.123 e. The van der Waals surface area contributed by atoms with Crippen LogP contribution in [0.3, 0.4) is 0 Å². The third-order valence-corrected chi connectivity index (χ3v) is 2.99. The number of amidine groups is 1. The van der Waals surface area contributed by atoms with Crippen molar-refractivity contribution < 1.29 is 0 Å². The van der Waals surface area contributed by atoms with E-state index in [0.717, 1.165) is 0 Å². The Hall–Kier alpha value is -0.990. The van der Waals surface area contributed by atoms with Crippen molar-refractivity contribution in [1.82, 2.24) is 5.32 Å². The monoisotopic (exact) mass is 290 g/mol. The van der Waals surface area contributed by atoms with Crippen molar-refractivity contribution in [1.29, 1.82) is 10.7 Å². The van der Waals surface area contributed by atoms with E-state index < -0.39 is 6.04 Å². The first-order valence-electron chi connectivity index (χ1n) is 4.56. The zero-order valence-electron chi connectivity index (χ0n) is 8.60. The highest BCUT2D eigenvalue weighted by molar-refractivity contribution is 6.43. The summed E-state index contributed by atoms with van der Waals surface area (Å²) in [6.45, 7) is 0.0820. The zero-order valence-corrected chi connectivity index (χ0v) is 10.9. The number of hydrogen-bond donors (Lipinski definition) is 3. The van der Waals surface area contributed by atoms with E-state index in [1.165, 1.54) is 6.07 Å². The fourth-order valence-corrected chi connectivity index (χ4v) is 1.95. The van der Waals surface area contributed by atoms with E-state index in [0.29, 0.717) is 10.6 Å². The molecule has 1 aromatic rings. The Morgan fingerprint density at radius 2 is 2.12 bits per heavy atom. The molecule has 0 fully saturated rings. The van der Waals surface area contributed by atoms with Gasteiger partial charge in [0.25, 0.3) is 0 Å². The number of halogens is 3. The molecule has 1 aromatic carbocycles. The van der Waals surface area contributed by atoms with Gasteiger partial charge < -0.3 is 5.73 Å². The minimum atomic E-state index is -0.720. The van der Waals surface area contributed by atoms with Gasteiger partial charge in [0.05, 0.1) is 22.7 Å². The molecule has 0 saturated heterocycles. The molecule has 0 aliphatic rings. The molecule has 0 aromatic heterocycles. The normalized spacial score (nSPS) is 11.9. The standard InChI is InChI=1S/C10H9Cl3N4/c11-5-1-6(10(13)7(12)2-5)8(3-14)17-4-9(15)16/h1-2,8,17H,4H2,(H3,15,16). The van der Waals surface area contributed by atoms with Gasteiger partial charge in [0, 0.05) is 10.6 Å². The molecule has 17 heavy (non-hydrogen) atoms. The van der Waals surface area contributed by atoms with Crippen LogP contribution in [0.4, 0.5) is 0 Å². The number of nitriles is 1. The van der Waals surface area contributed by atoms with Crippen LogP contribution in [0.2, 0.25) is 15.1 Å². The highest BCUT2D eigenvalue weighted by atomic mass is 35.5. The van der Waals surface area contributed by atoms with E-state index in [4.69, 9.17) is 51.2 Å². The van der Waals surface area contributed by atoms with Gasteiger partial charge in [-0.2, -0.15) is 5.26 Å². The number of rotatable bonds is 4. The lowest BCUT2D eigenvalue weighted by Crippen LogP contribution is -2.30. The zero-order chi connectivity index (χ0) is 13.0. The molecule has 0 radical (unpaired) electrons. The largest absolute Gasteiger partial charge is 0.387 e. The quantitative estimate of drug-likeness (QED) is 0.453. The van der Waals surface area contributed by atoms with Crippen LogP contribution in [0.5, 0.6) is 0 Å². The van der Waals surface area contributed by atoms with E-state index in [1.807, 2.05) is 6.07 Å². The molecule has 1 atom stereocenters. The van der Waals surface area contributed by atoms with Crippen LogP contribution in [-0.2, 0) is 0 Å². The van der Waals surface area contributed by atoms with Crippen LogP contribution in [0.15, 0.2) is 12.1 Å². The molecule has 0 saturated carbocycles. The van der Waals surface area contributed by atoms with Crippen molar-refractivity contribution in [3.8, 4) is 6.07 Å². The van der Waals surface area contributed by atoms with E-state index >= 15 is 0 Å². The second kappa shape index (κ2) is 6.08. The Kier molecular flexibility index (Phi) is 5.03. The minimum absolute atomic E-state index is 0.0745. The van der Waals surface area contributed by atoms with Crippen LogP contribution in [0.25, 0.3) is 0 Å². The fraction of sp³-hybridized carbons (Fsp3) is 0.200. The van der Waals surface area contributed by atoms with E-state index in [9.17, 15) is 0 Å². The van der Waals surface area contributed by atoms with Gasteiger partial charge in [-0.1, -0.05) is 34.8 Å². The summed E-state index contributed by atoms with van der Waals surface area (Å²) < 4.78 is 0. The van der Waals surface area contributed by atoms with Gasteiger partial charge in [0.2, 0.25) is 0 Å². The highest BCUT2D eigenvalue weighted by Gasteiger charge is 2.16. The second-order valence-electron chi connectivity index (χ2n) is 3.26. The average molecular weight is 292 g/mol. The van der Waals surface area contributed by atoms with Crippen molar-refractivity contribution in [2.45, 2.75) is 6.04 Å². The van der Waals surface area contributed by atoms with E-state index in [2.05, 4.69) is 5.32 Å². The summed E-state index contributed by atoms with van der Waals surface area (Å²) in [5.41, 5.74) is 5.66. The van der Waals surface area contributed by atoms with Crippen LogP contribution in [0, 0.1) is 16.7 Å². The van der Waals surface area contributed by atoms with Crippen molar-refractivity contribution in [2.75, 3.05) is 6.54 Å². The predicted molar refractivity (Wildman–Crippen MR) is 69.7 cm³/mol. The lowest BCUT2D eigenvalue weighted by molar-refractivity contribution is 0.692. The van der Waals surface area contributed by atoms with Gasteiger partial charge in [-0.3, -0.25) is 10.7 Å². The summed E-state index contributed by atoms with van der Waals surface area (Å²) in [5.74, 6) is -0.0745. The third kappa shape index (κ3) is 3.76. The average Bonchev–Trinajstić information content (AvgIpc) is 2.25. The molecule has 90 valence electrons. The number of benzene rings is 1. The van der Waals surface area contributed by atoms with Gasteiger partial charge in [-0.05, 0) is 12.1 Å². The summed E-state index contributed by atoms with van der Waals surface area (Å²) in [4.78, 5) is 0. The Morgan fingerprint density at radius 3 is 2.65 bits per heavy atom. The first-order valence-corrected chi connectivity index (χ1v) is 5.69. The van der Waals surface area contributed by atoms with Crippen LogP contribution in [-0.4, -0.2) is 12.4 Å². The van der Waals surface area contributed by atoms with Gasteiger partial charge in [0.1, 0.15) is 11.9 Å². The van der Waals surface area contributed by atoms with E-state index in [1.54, 1.807) is 6.07 Å². The van der Waals surface area contributed by atoms with Gasteiger partial charge in [-0.15, -0.1) is 0 Å². The Balaban J connectivity index is 3.04. The fourth-order valence-electron chi connectivity index (χ4n) is 1.22. The molecule has 0 amide bonds. The minimum Gasteiger partial charge on any atom is -0.387 e. The maximum absolute atomic E-state index is 9.03. The maximum atomic E-state index is 9.03. The highest BCUT2D eigenvalue weighted by Crippen LogP contribution is 2.33. The first kappa shape index (κ1) is 14.1. The lowest BCUT2D eigenvalue weighted by atomic mass is 10.1. The molecule has 0 spiro atoms. The van der Waals surface area contributed by atoms with Crippen molar-refractivity contribution in [3.63, 3.8) is 0 Å². The smallest absolute Gasteiger partial charge is 0.123 e. The summed E-state index contributed by atoms with van der Waals surface area (Å²) in [5, 5.41) is 19.8. The Morgan fingerprint density at radius 1 is 1.47 bits per heavy atom. The first-order chi connectivity index (χ1) is 7.95. The molecule has 1 rings (SSSR count). The van der Waals surface area contributed by atoms with E-state index in [-0.39, 0.29) is 22.4 Å². The van der Waals surface area contributed by atoms with Crippen LogP contribution < -0.4 is 11.1 Å². The number of nitrogens with zero attached hydrogens (tertiary/aromatic N) is 1. The van der Waals surface area contributed by atoms with Gasteiger partial charge in [0.15, 0.2) is 0 Å². The van der Waals surface area contributed by atoms with Crippen molar-refractivity contribution in [2.24, 2.45) is 5.73 Å². The molecular weight excluding hydrogens is 282 g/mol. The topological polar surface area (TPSA) is 85.7 Å². The van der Waals surface area contributed by atoms with Gasteiger partial charge >= 0.3 is 0 Å². The second-order valence-corrected chi connectivity index (χ2v) is 4.48.